The zero-order valence-corrected chi connectivity index (χ0v) is 22.7. The highest BCUT2D eigenvalue weighted by atomic mass is 79.9. The predicted octanol–water partition coefficient (Wildman–Crippen LogP) is 11.2. The molecule has 0 aliphatic carbocycles. The minimum atomic E-state index is 0.860. The maximum absolute atomic E-state index is 6.19. The van der Waals surface area contributed by atoms with Crippen molar-refractivity contribution < 1.29 is 4.42 Å². The van der Waals surface area contributed by atoms with Gasteiger partial charge in [0.05, 0.1) is 4.47 Å². The standard InChI is InChI=1S/C36H24BrNO/c37-34-24-31(23-33-32-13-7-8-14-35(32)39-36(33)34)38(29-19-15-27(16-20-29)25-9-3-1-4-10-25)30-21-17-28(18-22-30)26-11-5-2-6-12-26/h1-24H. The topological polar surface area (TPSA) is 16.4 Å². The third-order valence-electron chi connectivity index (χ3n) is 7.14. The summed E-state index contributed by atoms with van der Waals surface area (Å²) < 4.78 is 7.12. The molecule has 186 valence electrons. The second kappa shape index (κ2) is 9.94. The molecule has 0 amide bonds. The summed E-state index contributed by atoms with van der Waals surface area (Å²) in [6.45, 7) is 0. The Kier molecular flexibility index (Phi) is 5.99. The first-order valence-corrected chi connectivity index (χ1v) is 13.8. The molecular weight excluding hydrogens is 542 g/mol. The van der Waals surface area contributed by atoms with Crippen LogP contribution >= 0.6 is 15.9 Å². The van der Waals surface area contributed by atoms with Crippen molar-refractivity contribution in [2.75, 3.05) is 4.90 Å². The summed E-state index contributed by atoms with van der Waals surface area (Å²) in [6.07, 6.45) is 0. The van der Waals surface area contributed by atoms with Crippen LogP contribution in [0.4, 0.5) is 17.1 Å². The third kappa shape index (κ3) is 4.41. The average Bonchev–Trinajstić information content (AvgIpc) is 3.38. The van der Waals surface area contributed by atoms with Crippen molar-refractivity contribution in [1.82, 2.24) is 0 Å². The van der Waals surface area contributed by atoms with Gasteiger partial charge in [0.2, 0.25) is 0 Å². The van der Waals surface area contributed by atoms with Crippen molar-refractivity contribution in [1.29, 1.82) is 0 Å². The first-order valence-electron chi connectivity index (χ1n) is 13.0. The number of hydrogen-bond donors (Lipinski definition) is 0. The van der Waals surface area contributed by atoms with Gasteiger partial charge in [-0.15, -0.1) is 0 Å². The van der Waals surface area contributed by atoms with E-state index in [1.165, 1.54) is 22.3 Å². The molecule has 1 aromatic heterocycles. The number of nitrogens with zero attached hydrogens (tertiary/aromatic N) is 1. The Morgan fingerprint density at radius 3 is 1.49 bits per heavy atom. The van der Waals surface area contributed by atoms with Crippen LogP contribution in [0.15, 0.2) is 154 Å². The summed E-state index contributed by atoms with van der Waals surface area (Å²) in [5, 5.41) is 2.19. The molecule has 0 saturated heterocycles. The lowest BCUT2D eigenvalue weighted by molar-refractivity contribution is 0.667. The van der Waals surface area contributed by atoms with Crippen LogP contribution in [0, 0.1) is 0 Å². The van der Waals surface area contributed by atoms with E-state index >= 15 is 0 Å². The monoisotopic (exact) mass is 565 g/mol. The Hall–Kier alpha value is -4.60. The highest BCUT2D eigenvalue weighted by Crippen LogP contribution is 2.42. The van der Waals surface area contributed by atoms with Gasteiger partial charge in [0.25, 0.3) is 0 Å². The molecule has 0 unspecified atom stereocenters. The van der Waals surface area contributed by atoms with Crippen LogP contribution < -0.4 is 4.90 Å². The Balaban J connectivity index is 1.38. The summed E-state index contributed by atoms with van der Waals surface area (Å²) in [4.78, 5) is 2.30. The molecule has 3 heteroatoms. The molecule has 0 N–H and O–H groups in total. The van der Waals surface area contributed by atoms with Crippen LogP contribution in [-0.2, 0) is 0 Å². The molecule has 7 aromatic rings. The molecule has 6 aromatic carbocycles. The molecule has 1 heterocycles. The number of hydrogen-bond acceptors (Lipinski definition) is 2. The molecule has 7 rings (SSSR count). The van der Waals surface area contributed by atoms with Gasteiger partial charge >= 0.3 is 0 Å². The van der Waals surface area contributed by atoms with Crippen molar-refractivity contribution in [3.8, 4) is 22.3 Å². The normalized spacial score (nSPS) is 11.2. The Morgan fingerprint density at radius 1 is 0.436 bits per heavy atom. The summed E-state index contributed by atoms with van der Waals surface area (Å²) in [6, 6.07) is 51.1. The van der Waals surface area contributed by atoms with Gasteiger partial charge < -0.3 is 9.32 Å². The van der Waals surface area contributed by atoms with E-state index in [9.17, 15) is 0 Å². The van der Waals surface area contributed by atoms with Gasteiger partial charge in [-0.05, 0) is 80.6 Å². The second-order valence-corrected chi connectivity index (χ2v) is 10.4. The van der Waals surface area contributed by atoms with Crippen LogP contribution in [0.5, 0.6) is 0 Å². The zero-order chi connectivity index (χ0) is 26.2. The van der Waals surface area contributed by atoms with Crippen LogP contribution in [-0.4, -0.2) is 0 Å². The molecular formula is C36H24BrNO. The van der Waals surface area contributed by atoms with E-state index in [2.05, 4.69) is 142 Å². The lowest BCUT2D eigenvalue weighted by Gasteiger charge is -2.26. The highest BCUT2D eigenvalue weighted by Gasteiger charge is 2.18. The van der Waals surface area contributed by atoms with Crippen molar-refractivity contribution >= 4 is 54.9 Å². The fraction of sp³-hybridized carbons (Fsp3) is 0. The van der Waals surface area contributed by atoms with Crippen LogP contribution in [0.25, 0.3) is 44.2 Å². The molecule has 0 aliphatic heterocycles. The number of fused-ring (bicyclic) bond motifs is 3. The number of rotatable bonds is 5. The maximum atomic E-state index is 6.19. The third-order valence-corrected chi connectivity index (χ3v) is 7.73. The summed E-state index contributed by atoms with van der Waals surface area (Å²) in [5.41, 5.74) is 9.76. The van der Waals surface area contributed by atoms with Crippen LogP contribution in [0.3, 0.4) is 0 Å². The van der Waals surface area contributed by atoms with Crippen molar-refractivity contribution in [3.63, 3.8) is 0 Å². The lowest BCUT2D eigenvalue weighted by Crippen LogP contribution is -2.10. The van der Waals surface area contributed by atoms with E-state index < -0.39 is 0 Å². The maximum Gasteiger partial charge on any atom is 0.149 e. The quantitative estimate of drug-likeness (QED) is 0.206. The smallest absolute Gasteiger partial charge is 0.149 e. The van der Waals surface area contributed by atoms with E-state index in [4.69, 9.17) is 4.42 Å². The summed E-state index contributed by atoms with van der Waals surface area (Å²) in [5.74, 6) is 0. The second-order valence-electron chi connectivity index (χ2n) is 9.56. The average molecular weight is 566 g/mol. The molecule has 0 bridgehead atoms. The molecule has 0 aliphatic rings. The zero-order valence-electron chi connectivity index (χ0n) is 21.1. The van der Waals surface area contributed by atoms with Crippen LogP contribution in [0.1, 0.15) is 0 Å². The van der Waals surface area contributed by atoms with E-state index in [0.717, 1.165) is 43.5 Å². The van der Waals surface area contributed by atoms with E-state index in [0.29, 0.717) is 0 Å². The fourth-order valence-corrected chi connectivity index (χ4v) is 5.74. The van der Waals surface area contributed by atoms with Gasteiger partial charge in [0.15, 0.2) is 0 Å². The summed E-state index contributed by atoms with van der Waals surface area (Å²) >= 11 is 3.80. The van der Waals surface area contributed by atoms with E-state index in [1.807, 2.05) is 24.3 Å². The van der Waals surface area contributed by atoms with Gasteiger partial charge in [-0.2, -0.15) is 0 Å². The van der Waals surface area contributed by atoms with E-state index in [-0.39, 0.29) is 0 Å². The molecule has 2 nitrogen and oxygen atoms in total. The highest BCUT2D eigenvalue weighted by molar-refractivity contribution is 9.10. The molecule has 0 spiro atoms. The fourth-order valence-electron chi connectivity index (χ4n) is 5.21. The van der Waals surface area contributed by atoms with Crippen LogP contribution in [0.2, 0.25) is 0 Å². The van der Waals surface area contributed by atoms with Gasteiger partial charge in [0, 0.05) is 27.8 Å². The molecule has 0 fully saturated rings. The molecule has 39 heavy (non-hydrogen) atoms. The first kappa shape index (κ1) is 23.5. The Bertz CT molecular complexity index is 1810. The Morgan fingerprint density at radius 2 is 0.923 bits per heavy atom. The van der Waals surface area contributed by atoms with Crippen molar-refractivity contribution in [3.05, 3.63) is 150 Å². The Labute approximate surface area is 235 Å². The molecule has 0 saturated carbocycles. The summed E-state index contributed by atoms with van der Waals surface area (Å²) in [7, 11) is 0. The number of anilines is 3. The number of halogens is 1. The minimum Gasteiger partial charge on any atom is -0.455 e. The lowest BCUT2D eigenvalue weighted by atomic mass is 10.0. The number of furan rings is 1. The minimum absolute atomic E-state index is 0.860. The molecule has 0 atom stereocenters. The van der Waals surface area contributed by atoms with Gasteiger partial charge in [-0.1, -0.05) is 103 Å². The van der Waals surface area contributed by atoms with Gasteiger partial charge in [-0.25, -0.2) is 0 Å². The molecule has 0 radical (unpaired) electrons. The van der Waals surface area contributed by atoms with Gasteiger partial charge in [0.1, 0.15) is 11.2 Å². The van der Waals surface area contributed by atoms with Crippen molar-refractivity contribution in [2.24, 2.45) is 0 Å². The van der Waals surface area contributed by atoms with E-state index in [1.54, 1.807) is 0 Å². The largest absolute Gasteiger partial charge is 0.455 e. The van der Waals surface area contributed by atoms with Gasteiger partial charge in [-0.3, -0.25) is 0 Å². The SMILES string of the molecule is Brc1cc(N(c2ccc(-c3ccccc3)cc2)c2ccc(-c3ccccc3)cc2)cc2c1oc1ccccc12. The number of para-hydroxylation sites is 1. The first-order chi connectivity index (χ1) is 19.2. The predicted molar refractivity (Wildman–Crippen MR) is 167 cm³/mol. The number of benzene rings is 6. The van der Waals surface area contributed by atoms with Crippen molar-refractivity contribution in [2.45, 2.75) is 0 Å².